The fraction of sp³-hybridized carbons (Fsp3) is 0.462. The van der Waals surface area contributed by atoms with E-state index in [0.717, 1.165) is 12.8 Å². The van der Waals surface area contributed by atoms with Gasteiger partial charge in [0.2, 0.25) is 0 Å². The Morgan fingerprint density at radius 1 is 1.44 bits per heavy atom. The van der Waals surface area contributed by atoms with Gasteiger partial charge in [0.1, 0.15) is 0 Å². The first kappa shape index (κ1) is 14.3. The second-order valence-corrected chi connectivity index (χ2v) is 4.12. The Morgan fingerprint density at radius 2 is 2.11 bits per heavy atom. The third kappa shape index (κ3) is 3.61. The van der Waals surface area contributed by atoms with Gasteiger partial charge in [-0.25, -0.2) is 4.39 Å². The van der Waals surface area contributed by atoms with Crippen LogP contribution in [0.25, 0.3) is 0 Å². The topological polar surface area (TPSA) is 67.8 Å². The monoisotopic (exact) mass is 254 g/mol. The average molecular weight is 254 g/mol. The zero-order valence-corrected chi connectivity index (χ0v) is 10.7. The zero-order valence-electron chi connectivity index (χ0n) is 10.7. The molecule has 0 saturated heterocycles. The van der Waals surface area contributed by atoms with E-state index in [-0.39, 0.29) is 11.6 Å². The Bertz CT molecular complexity index is 417. The Hall–Kier alpha value is -1.78. The van der Waals surface area contributed by atoms with Crippen molar-refractivity contribution >= 4 is 5.84 Å². The molecular formula is C13H19FN2O2. The van der Waals surface area contributed by atoms with E-state index in [1.54, 1.807) is 6.07 Å². The minimum absolute atomic E-state index is 0.125. The Kier molecular flexibility index (Phi) is 5.42. The van der Waals surface area contributed by atoms with Gasteiger partial charge in [0.25, 0.3) is 0 Å². The van der Waals surface area contributed by atoms with Gasteiger partial charge in [0, 0.05) is 5.56 Å². The van der Waals surface area contributed by atoms with E-state index in [1.807, 2.05) is 0 Å². The molecule has 0 aliphatic rings. The van der Waals surface area contributed by atoms with E-state index >= 15 is 0 Å². The van der Waals surface area contributed by atoms with E-state index in [0.29, 0.717) is 18.1 Å². The van der Waals surface area contributed by atoms with Crippen LogP contribution in [0.2, 0.25) is 0 Å². The zero-order chi connectivity index (χ0) is 13.5. The minimum Gasteiger partial charge on any atom is -0.490 e. The summed E-state index contributed by atoms with van der Waals surface area (Å²) in [5, 5.41) is 11.3. The lowest BCUT2D eigenvalue weighted by Gasteiger charge is -2.14. The molecule has 1 aromatic carbocycles. The molecule has 0 fully saturated rings. The number of benzene rings is 1. The first-order chi connectivity index (χ1) is 8.62. The van der Waals surface area contributed by atoms with Crippen LogP contribution in [0.5, 0.6) is 5.75 Å². The summed E-state index contributed by atoms with van der Waals surface area (Å²) in [4.78, 5) is 0. The predicted octanol–water partition coefficient (Wildman–Crippen LogP) is 2.74. The van der Waals surface area contributed by atoms with Crippen LogP contribution in [0.4, 0.5) is 4.39 Å². The van der Waals surface area contributed by atoms with Gasteiger partial charge in [-0.3, -0.25) is 0 Å². The largest absolute Gasteiger partial charge is 0.490 e. The van der Waals surface area contributed by atoms with Gasteiger partial charge in [0.05, 0.1) is 6.61 Å². The maximum absolute atomic E-state index is 13.7. The highest BCUT2D eigenvalue weighted by Crippen LogP contribution is 2.20. The summed E-state index contributed by atoms with van der Waals surface area (Å²) >= 11 is 0. The van der Waals surface area contributed by atoms with Gasteiger partial charge in [0.15, 0.2) is 17.4 Å². The third-order valence-corrected chi connectivity index (χ3v) is 2.96. The maximum Gasteiger partial charge on any atom is 0.170 e. The Morgan fingerprint density at radius 3 is 2.61 bits per heavy atom. The number of nitrogens with zero attached hydrogens (tertiary/aromatic N) is 1. The SMILES string of the molecule is CCC(CC)COc1ccc(/C(N)=N/O)cc1F. The molecule has 0 aromatic heterocycles. The number of oxime groups is 1. The summed E-state index contributed by atoms with van der Waals surface area (Å²) in [5.41, 5.74) is 5.69. The third-order valence-electron chi connectivity index (χ3n) is 2.96. The predicted molar refractivity (Wildman–Crippen MR) is 68.5 cm³/mol. The van der Waals surface area contributed by atoms with Crippen LogP contribution in [0.1, 0.15) is 32.3 Å². The van der Waals surface area contributed by atoms with Crippen LogP contribution in [0.15, 0.2) is 23.4 Å². The van der Waals surface area contributed by atoms with E-state index in [9.17, 15) is 4.39 Å². The van der Waals surface area contributed by atoms with Crippen LogP contribution in [0, 0.1) is 11.7 Å². The van der Waals surface area contributed by atoms with Gasteiger partial charge in [-0.2, -0.15) is 0 Å². The molecule has 0 aliphatic heterocycles. The maximum atomic E-state index is 13.7. The van der Waals surface area contributed by atoms with E-state index in [4.69, 9.17) is 15.7 Å². The Labute approximate surface area is 106 Å². The van der Waals surface area contributed by atoms with E-state index in [2.05, 4.69) is 19.0 Å². The summed E-state index contributed by atoms with van der Waals surface area (Å²) in [6.45, 7) is 4.65. The lowest BCUT2D eigenvalue weighted by atomic mass is 10.1. The van der Waals surface area contributed by atoms with Crippen molar-refractivity contribution in [2.24, 2.45) is 16.8 Å². The quantitative estimate of drug-likeness (QED) is 0.355. The number of ether oxygens (including phenoxy) is 1. The molecule has 0 atom stereocenters. The molecule has 100 valence electrons. The number of amidine groups is 1. The van der Waals surface area contributed by atoms with Crippen molar-refractivity contribution in [2.45, 2.75) is 26.7 Å². The van der Waals surface area contributed by atoms with Gasteiger partial charge in [-0.15, -0.1) is 0 Å². The highest BCUT2D eigenvalue weighted by Gasteiger charge is 2.10. The molecule has 0 bridgehead atoms. The molecule has 0 saturated carbocycles. The number of hydrogen-bond donors (Lipinski definition) is 2. The minimum atomic E-state index is -0.509. The van der Waals surface area contributed by atoms with E-state index < -0.39 is 5.82 Å². The normalized spacial score (nSPS) is 11.9. The fourth-order valence-corrected chi connectivity index (χ4v) is 1.57. The highest BCUT2D eigenvalue weighted by molar-refractivity contribution is 5.97. The molecule has 0 aliphatic carbocycles. The summed E-state index contributed by atoms with van der Waals surface area (Å²) in [6, 6.07) is 4.24. The molecule has 18 heavy (non-hydrogen) atoms. The van der Waals surface area contributed by atoms with Crippen molar-refractivity contribution in [1.29, 1.82) is 0 Å². The lowest BCUT2D eigenvalue weighted by Crippen LogP contribution is -2.14. The van der Waals surface area contributed by atoms with Crippen molar-refractivity contribution in [1.82, 2.24) is 0 Å². The summed E-state index contributed by atoms with van der Waals surface area (Å²) in [6.07, 6.45) is 2.00. The van der Waals surface area contributed by atoms with Crippen LogP contribution >= 0.6 is 0 Å². The summed E-state index contributed by atoms with van der Waals surface area (Å²) in [5.74, 6) is -0.0185. The summed E-state index contributed by atoms with van der Waals surface area (Å²) in [7, 11) is 0. The van der Waals surface area contributed by atoms with Gasteiger partial charge in [-0.1, -0.05) is 31.8 Å². The number of hydrogen-bond acceptors (Lipinski definition) is 3. The molecule has 1 rings (SSSR count). The van der Waals surface area contributed by atoms with Crippen LogP contribution < -0.4 is 10.5 Å². The average Bonchev–Trinajstić information content (AvgIpc) is 2.40. The first-order valence-corrected chi connectivity index (χ1v) is 6.02. The first-order valence-electron chi connectivity index (χ1n) is 6.02. The van der Waals surface area contributed by atoms with Gasteiger partial charge >= 0.3 is 0 Å². The molecule has 1 aromatic rings. The highest BCUT2D eigenvalue weighted by atomic mass is 19.1. The van der Waals surface area contributed by atoms with Crippen molar-refractivity contribution < 1.29 is 14.3 Å². The lowest BCUT2D eigenvalue weighted by molar-refractivity contribution is 0.231. The van der Waals surface area contributed by atoms with Crippen molar-refractivity contribution in [3.63, 3.8) is 0 Å². The molecule has 0 amide bonds. The molecule has 0 unspecified atom stereocenters. The molecule has 0 radical (unpaired) electrons. The fourth-order valence-electron chi connectivity index (χ4n) is 1.57. The van der Waals surface area contributed by atoms with Crippen LogP contribution in [-0.4, -0.2) is 17.6 Å². The number of nitrogens with two attached hydrogens (primary N) is 1. The van der Waals surface area contributed by atoms with Crippen molar-refractivity contribution in [2.75, 3.05) is 6.61 Å². The smallest absolute Gasteiger partial charge is 0.170 e. The van der Waals surface area contributed by atoms with Crippen molar-refractivity contribution in [3.05, 3.63) is 29.6 Å². The number of rotatable bonds is 6. The molecule has 0 heterocycles. The number of halogens is 1. The van der Waals surface area contributed by atoms with E-state index in [1.165, 1.54) is 12.1 Å². The van der Waals surface area contributed by atoms with Crippen LogP contribution in [0.3, 0.4) is 0 Å². The van der Waals surface area contributed by atoms with Crippen LogP contribution in [-0.2, 0) is 0 Å². The Balaban J connectivity index is 2.74. The second kappa shape index (κ2) is 6.83. The summed E-state index contributed by atoms with van der Waals surface area (Å²) < 4.78 is 19.1. The molecule has 5 heteroatoms. The van der Waals surface area contributed by atoms with Gasteiger partial charge < -0.3 is 15.7 Å². The van der Waals surface area contributed by atoms with Gasteiger partial charge in [-0.05, 0) is 24.1 Å². The molecule has 4 nitrogen and oxygen atoms in total. The standard InChI is InChI=1S/C13H19FN2O2/c1-3-9(4-2)8-18-12-6-5-10(7-11(12)14)13(15)16-17/h5-7,9,17H,3-4,8H2,1-2H3,(H2,15,16). The second-order valence-electron chi connectivity index (χ2n) is 4.12. The molecule has 0 spiro atoms. The molecular weight excluding hydrogens is 235 g/mol. The molecule has 3 N–H and O–H groups in total. The van der Waals surface area contributed by atoms with Crippen molar-refractivity contribution in [3.8, 4) is 5.75 Å².